The molecule has 0 aromatic heterocycles. The molecule has 0 radical (unpaired) electrons. The number of carbonyl (C=O) groups excluding carboxylic acids is 4. The van der Waals surface area contributed by atoms with Crippen LogP contribution in [-0.2, 0) is 19.9 Å². The molecule has 180 valence electrons. The molecule has 1 atom stereocenters. The summed E-state index contributed by atoms with van der Waals surface area (Å²) in [6, 6.07) is 9.15. The summed E-state index contributed by atoms with van der Waals surface area (Å²) in [5, 5.41) is 2.50. The molecule has 0 saturated carbocycles. The molecule has 1 saturated heterocycles. The van der Waals surface area contributed by atoms with Gasteiger partial charge in [0.15, 0.2) is 0 Å². The van der Waals surface area contributed by atoms with Crippen molar-refractivity contribution in [3.8, 4) is 5.75 Å². The fourth-order valence-corrected chi connectivity index (χ4v) is 3.47. The van der Waals surface area contributed by atoms with Crippen LogP contribution in [0.25, 0.3) is 0 Å². The number of halogens is 3. The highest BCUT2D eigenvalue weighted by molar-refractivity contribution is 6.10. The maximum atomic E-state index is 13.3. The summed E-state index contributed by atoms with van der Waals surface area (Å²) in [5.74, 6) is -2.80. The van der Waals surface area contributed by atoms with Gasteiger partial charge in [-0.2, -0.15) is 8.78 Å². The predicted molar refractivity (Wildman–Crippen MR) is 113 cm³/mol. The second kappa shape index (κ2) is 9.81. The van der Waals surface area contributed by atoms with Gasteiger partial charge in [0.1, 0.15) is 23.7 Å². The van der Waals surface area contributed by atoms with Gasteiger partial charge >= 0.3 is 12.6 Å². The SMILES string of the molecule is CC1(c2ccc(OC(F)F)cc2)NC(=O)N(CC(=O)N(CCC(N)=O)c2ccc(F)cc2)C1=O. The van der Waals surface area contributed by atoms with E-state index in [9.17, 15) is 32.3 Å². The van der Waals surface area contributed by atoms with Crippen LogP contribution in [0.1, 0.15) is 18.9 Å². The number of imide groups is 1. The molecule has 12 heteroatoms. The first-order valence-corrected chi connectivity index (χ1v) is 10.0. The highest BCUT2D eigenvalue weighted by Gasteiger charge is 2.49. The number of alkyl halides is 2. The number of rotatable bonds is 9. The lowest BCUT2D eigenvalue weighted by molar-refractivity contribution is -0.134. The van der Waals surface area contributed by atoms with Gasteiger partial charge in [0, 0.05) is 18.7 Å². The summed E-state index contributed by atoms with van der Waals surface area (Å²) >= 11 is 0. The molecule has 5 amide bonds. The van der Waals surface area contributed by atoms with Crippen molar-refractivity contribution >= 4 is 29.4 Å². The summed E-state index contributed by atoms with van der Waals surface area (Å²) in [4.78, 5) is 51.7. The molecular formula is C22H21F3N4O5. The Balaban J connectivity index is 1.80. The Kier molecular flexibility index (Phi) is 7.08. The standard InChI is InChI=1S/C22H21F3N4O5/c1-22(13-2-8-16(9-3-13)34-20(24)25)19(32)29(21(33)27-22)12-18(31)28(11-10-17(26)30)15-6-4-14(23)5-7-15/h2-9,20H,10-12H2,1H3,(H2,26,30)(H,27,33). The Bertz CT molecular complexity index is 1090. The molecule has 0 bridgehead atoms. The number of nitrogens with zero attached hydrogens (tertiary/aromatic N) is 2. The molecule has 3 rings (SSSR count). The highest BCUT2D eigenvalue weighted by atomic mass is 19.3. The first-order chi connectivity index (χ1) is 16.0. The average molecular weight is 478 g/mol. The Hall–Kier alpha value is -4.09. The van der Waals surface area contributed by atoms with Crippen LogP contribution in [0, 0.1) is 5.82 Å². The first-order valence-electron chi connectivity index (χ1n) is 10.0. The van der Waals surface area contributed by atoms with Crippen molar-refractivity contribution in [3.05, 3.63) is 59.9 Å². The van der Waals surface area contributed by atoms with Crippen LogP contribution in [-0.4, -0.2) is 48.4 Å². The van der Waals surface area contributed by atoms with Gasteiger partial charge in [0.25, 0.3) is 5.91 Å². The third-order valence-corrected chi connectivity index (χ3v) is 5.25. The number of hydrogen-bond acceptors (Lipinski definition) is 5. The number of hydrogen-bond donors (Lipinski definition) is 2. The summed E-state index contributed by atoms with van der Waals surface area (Å²) in [6.07, 6.45) is -0.200. The molecule has 1 fully saturated rings. The summed E-state index contributed by atoms with van der Waals surface area (Å²) in [6.45, 7) is -2.42. The Morgan fingerprint density at radius 3 is 2.29 bits per heavy atom. The molecule has 1 unspecified atom stereocenters. The largest absolute Gasteiger partial charge is 0.435 e. The topological polar surface area (TPSA) is 122 Å². The molecule has 2 aromatic carbocycles. The molecule has 1 aliphatic heterocycles. The van der Waals surface area contributed by atoms with E-state index in [4.69, 9.17) is 5.73 Å². The second-order valence-corrected chi connectivity index (χ2v) is 7.59. The lowest BCUT2D eigenvalue weighted by Gasteiger charge is -2.25. The van der Waals surface area contributed by atoms with Crippen LogP contribution < -0.4 is 20.7 Å². The summed E-state index contributed by atoms with van der Waals surface area (Å²) in [7, 11) is 0. The maximum absolute atomic E-state index is 13.3. The van der Waals surface area contributed by atoms with Crippen LogP contribution in [0.5, 0.6) is 5.75 Å². The number of carbonyl (C=O) groups is 4. The number of nitrogens with two attached hydrogens (primary N) is 1. The molecule has 3 N–H and O–H groups in total. The number of ether oxygens (including phenoxy) is 1. The lowest BCUT2D eigenvalue weighted by Crippen LogP contribution is -2.45. The monoisotopic (exact) mass is 478 g/mol. The van der Waals surface area contributed by atoms with Crippen LogP contribution >= 0.6 is 0 Å². The van der Waals surface area contributed by atoms with Crippen molar-refractivity contribution in [2.24, 2.45) is 5.73 Å². The van der Waals surface area contributed by atoms with Crippen molar-refractivity contribution in [2.45, 2.75) is 25.5 Å². The smallest absolute Gasteiger partial charge is 0.387 e. The zero-order valence-corrected chi connectivity index (χ0v) is 18.0. The number of nitrogens with one attached hydrogen (secondary N) is 1. The molecule has 0 spiro atoms. The van der Waals surface area contributed by atoms with E-state index in [2.05, 4.69) is 10.1 Å². The van der Waals surface area contributed by atoms with Crippen LogP contribution in [0.3, 0.4) is 0 Å². The second-order valence-electron chi connectivity index (χ2n) is 7.59. The van der Waals surface area contributed by atoms with Gasteiger partial charge in [-0.15, -0.1) is 0 Å². The third kappa shape index (κ3) is 5.27. The summed E-state index contributed by atoms with van der Waals surface area (Å²) in [5.41, 5.74) is 4.14. The molecule has 9 nitrogen and oxygen atoms in total. The normalized spacial score (nSPS) is 17.6. The van der Waals surface area contributed by atoms with E-state index in [0.29, 0.717) is 4.90 Å². The van der Waals surface area contributed by atoms with Crippen molar-refractivity contribution in [3.63, 3.8) is 0 Å². The minimum absolute atomic E-state index is 0.129. The van der Waals surface area contributed by atoms with E-state index < -0.39 is 48.3 Å². The van der Waals surface area contributed by atoms with Crippen molar-refractivity contribution in [2.75, 3.05) is 18.0 Å². The molecule has 34 heavy (non-hydrogen) atoms. The van der Waals surface area contributed by atoms with Gasteiger partial charge in [0.05, 0.1) is 0 Å². The first kappa shape index (κ1) is 24.6. The number of amides is 5. The highest BCUT2D eigenvalue weighted by Crippen LogP contribution is 2.30. The van der Waals surface area contributed by atoms with Crippen molar-refractivity contribution in [1.82, 2.24) is 10.2 Å². The molecule has 1 heterocycles. The van der Waals surface area contributed by atoms with Gasteiger partial charge in [0.2, 0.25) is 11.8 Å². The lowest BCUT2D eigenvalue weighted by atomic mass is 9.92. The van der Waals surface area contributed by atoms with Crippen molar-refractivity contribution in [1.29, 1.82) is 0 Å². The van der Waals surface area contributed by atoms with E-state index in [1.54, 1.807) is 0 Å². The number of primary amides is 1. The fourth-order valence-electron chi connectivity index (χ4n) is 3.47. The third-order valence-electron chi connectivity index (χ3n) is 5.25. The molecule has 1 aliphatic rings. The fraction of sp³-hybridized carbons (Fsp3) is 0.273. The number of anilines is 1. The average Bonchev–Trinajstić information content (AvgIpc) is 2.99. The number of urea groups is 1. The quantitative estimate of drug-likeness (QED) is 0.535. The molecular weight excluding hydrogens is 457 g/mol. The van der Waals surface area contributed by atoms with Crippen molar-refractivity contribution < 1.29 is 37.1 Å². The van der Waals surface area contributed by atoms with E-state index in [0.717, 1.165) is 17.0 Å². The Morgan fingerprint density at radius 1 is 1.12 bits per heavy atom. The van der Waals surface area contributed by atoms with Crippen LogP contribution in [0.4, 0.5) is 23.7 Å². The van der Waals surface area contributed by atoms with Gasteiger partial charge in [-0.1, -0.05) is 12.1 Å². The maximum Gasteiger partial charge on any atom is 0.387 e. The van der Waals surface area contributed by atoms with Gasteiger partial charge in [-0.25, -0.2) is 9.18 Å². The van der Waals surface area contributed by atoms with E-state index in [1.165, 1.54) is 43.3 Å². The predicted octanol–water partition coefficient (Wildman–Crippen LogP) is 2.10. The van der Waals surface area contributed by atoms with E-state index >= 15 is 0 Å². The Labute approximate surface area is 192 Å². The van der Waals surface area contributed by atoms with Gasteiger partial charge in [-0.05, 0) is 48.9 Å². The molecule has 0 aliphatic carbocycles. The Morgan fingerprint density at radius 2 is 1.74 bits per heavy atom. The molecule has 2 aromatic rings. The summed E-state index contributed by atoms with van der Waals surface area (Å²) < 4.78 is 42.3. The van der Waals surface area contributed by atoms with Crippen LogP contribution in [0.2, 0.25) is 0 Å². The van der Waals surface area contributed by atoms with E-state index in [-0.39, 0.29) is 30.0 Å². The zero-order valence-electron chi connectivity index (χ0n) is 18.0. The minimum atomic E-state index is -3.02. The van der Waals surface area contributed by atoms with Crippen LogP contribution in [0.15, 0.2) is 48.5 Å². The van der Waals surface area contributed by atoms with Gasteiger partial charge in [-0.3, -0.25) is 19.3 Å². The number of benzene rings is 2. The van der Waals surface area contributed by atoms with Gasteiger partial charge < -0.3 is 20.7 Å². The van der Waals surface area contributed by atoms with E-state index in [1.807, 2.05) is 0 Å². The zero-order chi connectivity index (χ0) is 25.0. The minimum Gasteiger partial charge on any atom is -0.435 e.